The van der Waals surface area contributed by atoms with E-state index in [1.54, 1.807) is 11.9 Å². The molecule has 0 bridgehead atoms. The van der Waals surface area contributed by atoms with Crippen molar-refractivity contribution < 1.29 is 4.74 Å². The Balaban J connectivity index is 2.86. The molecule has 0 saturated heterocycles. The molecule has 92 valence electrons. The predicted octanol–water partition coefficient (Wildman–Crippen LogP) is 1.52. The van der Waals surface area contributed by atoms with Gasteiger partial charge in [-0.05, 0) is 25.4 Å². The topological polar surface area (TPSA) is 74.9 Å². The van der Waals surface area contributed by atoms with Gasteiger partial charge in [-0.2, -0.15) is 20.2 Å². The van der Waals surface area contributed by atoms with Gasteiger partial charge in [0.15, 0.2) is 0 Å². The van der Waals surface area contributed by atoms with E-state index in [0.717, 1.165) is 0 Å². The molecule has 1 unspecified atom stereocenters. The van der Waals surface area contributed by atoms with Crippen molar-refractivity contribution in [1.82, 2.24) is 15.0 Å². The largest absolute Gasteiger partial charge is 0.464 e. The fraction of sp³-hybridized carbons (Fsp3) is 0.600. The van der Waals surface area contributed by atoms with Crippen LogP contribution in [0.15, 0.2) is 0 Å². The third-order valence-corrected chi connectivity index (χ3v) is 2.13. The van der Waals surface area contributed by atoms with Crippen molar-refractivity contribution in [2.75, 3.05) is 25.1 Å². The Bertz CT molecular complexity index is 420. The van der Waals surface area contributed by atoms with Gasteiger partial charge in [-0.1, -0.05) is 0 Å². The highest BCUT2D eigenvalue weighted by Crippen LogP contribution is 2.14. The summed E-state index contributed by atoms with van der Waals surface area (Å²) in [6.07, 6.45) is 0. The minimum absolute atomic E-state index is 0.0786. The van der Waals surface area contributed by atoms with Gasteiger partial charge in [0.25, 0.3) is 0 Å². The zero-order valence-electron chi connectivity index (χ0n) is 10.0. The smallest absolute Gasteiger partial charge is 0.322 e. The molecule has 1 heterocycles. The summed E-state index contributed by atoms with van der Waals surface area (Å²) in [5, 5.41) is 8.82. The first-order valence-corrected chi connectivity index (χ1v) is 5.59. The molecular formula is C10H14ClN5O. The summed E-state index contributed by atoms with van der Waals surface area (Å²) in [5.74, 6) is 0.279. The van der Waals surface area contributed by atoms with Gasteiger partial charge >= 0.3 is 6.01 Å². The van der Waals surface area contributed by atoms with Crippen molar-refractivity contribution in [3.63, 3.8) is 0 Å². The Morgan fingerprint density at radius 1 is 1.47 bits per heavy atom. The molecular weight excluding hydrogens is 242 g/mol. The molecule has 7 heteroatoms. The van der Waals surface area contributed by atoms with Crippen LogP contribution in [0.1, 0.15) is 13.8 Å². The highest BCUT2D eigenvalue weighted by atomic mass is 35.5. The van der Waals surface area contributed by atoms with E-state index in [0.29, 0.717) is 19.1 Å². The van der Waals surface area contributed by atoms with Crippen molar-refractivity contribution in [2.45, 2.75) is 13.8 Å². The molecule has 0 aromatic carbocycles. The van der Waals surface area contributed by atoms with Gasteiger partial charge in [0.1, 0.15) is 0 Å². The van der Waals surface area contributed by atoms with Gasteiger partial charge in [-0.15, -0.1) is 0 Å². The zero-order valence-corrected chi connectivity index (χ0v) is 10.8. The highest BCUT2D eigenvalue weighted by molar-refractivity contribution is 6.28. The van der Waals surface area contributed by atoms with Crippen LogP contribution in [0, 0.1) is 17.2 Å². The van der Waals surface area contributed by atoms with Crippen molar-refractivity contribution in [1.29, 1.82) is 5.26 Å². The van der Waals surface area contributed by atoms with Crippen molar-refractivity contribution >= 4 is 17.5 Å². The molecule has 0 spiro atoms. The number of hydrogen-bond donors (Lipinski definition) is 0. The predicted molar refractivity (Wildman–Crippen MR) is 64.1 cm³/mol. The van der Waals surface area contributed by atoms with Gasteiger partial charge in [0.05, 0.1) is 18.6 Å². The van der Waals surface area contributed by atoms with Crippen LogP contribution < -0.4 is 9.64 Å². The van der Waals surface area contributed by atoms with Crippen molar-refractivity contribution in [3.8, 4) is 12.1 Å². The summed E-state index contributed by atoms with van der Waals surface area (Å²) in [6.45, 7) is 4.63. The molecule has 17 heavy (non-hydrogen) atoms. The first-order valence-electron chi connectivity index (χ1n) is 5.22. The maximum atomic E-state index is 8.74. The molecule has 0 aliphatic carbocycles. The second-order valence-corrected chi connectivity index (χ2v) is 3.87. The Labute approximate surface area is 105 Å². The average Bonchev–Trinajstić information content (AvgIpc) is 2.28. The molecule has 1 aromatic heterocycles. The normalized spacial score (nSPS) is 11.7. The molecule has 0 aliphatic heterocycles. The monoisotopic (exact) mass is 255 g/mol. The molecule has 0 amide bonds. The minimum Gasteiger partial charge on any atom is -0.464 e. The lowest BCUT2D eigenvalue weighted by molar-refractivity contribution is 0.311. The maximum absolute atomic E-state index is 8.74. The number of halogens is 1. The van der Waals surface area contributed by atoms with E-state index in [2.05, 4.69) is 21.0 Å². The lowest BCUT2D eigenvalue weighted by atomic mass is 10.2. The lowest BCUT2D eigenvalue weighted by Crippen LogP contribution is -2.25. The minimum atomic E-state index is -0.119. The number of anilines is 1. The van der Waals surface area contributed by atoms with Crippen LogP contribution in [0.3, 0.4) is 0 Å². The van der Waals surface area contributed by atoms with E-state index < -0.39 is 0 Å². The Kier molecular flexibility index (Phi) is 4.91. The summed E-state index contributed by atoms with van der Waals surface area (Å²) in [7, 11) is 1.79. The lowest BCUT2D eigenvalue weighted by Gasteiger charge is -2.18. The molecule has 0 N–H and O–H groups in total. The van der Waals surface area contributed by atoms with E-state index in [9.17, 15) is 0 Å². The van der Waals surface area contributed by atoms with Gasteiger partial charge in [0.2, 0.25) is 11.2 Å². The van der Waals surface area contributed by atoms with Crippen LogP contribution in [-0.2, 0) is 0 Å². The van der Waals surface area contributed by atoms with E-state index >= 15 is 0 Å². The quantitative estimate of drug-likeness (QED) is 0.794. The van der Waals surface area contributed by atoms with Crippen LogP contribution >= 0.6 is 11.6 Å². The SMILES string of the molecule is CCOc1nc(Cl)nc(N(C)CC(C)C#N)n1. The summed E-state index contributed by atoms with van der Waals surface area (Å²) in [6, 6.07) is 2.34. The van der Waals surface area contributed by atoms with Crippen molar-refractivity contribution in [2.24, 2.45) is 5.92 Å². The maximum Gasteiger partial charge on any atom is 0.322 e. The number of aromatic nitrogens is 3. The molecule has 0 fully saturated rings. The number of rotatable bonds is 5. The number of nitriles is 1. The van der Waals surface area contributed by atoms with Crippen LogP contribution in [0.25, 0.3) is 0 Å². The average molecular weight is 256 g/mol. The van der Waals surface area contributed by atoms with Gasteiger partial charge in [0, 0.05) is 13.6 Å². The second kappa shape index (κ2) is 6.21. The van der Waals surface area contributed by atoms with Crippen molar-refractivity contribution in [3.05, 3.63) is 5.28 Å². The van der Waals surface area contributed by atoms with E-state index in [1.165, 1.54) is 0 Å². The summed E-state index contributed by atoms with van der Waals surface area (Å²) < 4.78 is 5.17. The third kappa shape index (κ3) is 4.04. The van der Waals surface area contributed by atoms with Gasteiger partial charge in [-0.3, -0.25) is 0 Å². The highest BCUT2D eigenvalue weighted by Gasteiger charge is 2.12. The number of hydrogen-bond acceptors (Lipinski definition) is 6. The van der Waals surface area contributed by atoms with Crippen LogP contribution in [-0.4, -0.2) is 35.2 Å². The third-order valence-electron chi connectivity index (χ3n) is 1.96. The Morgan fingerprint density at radius 3 is 2.76 bits per heavy atom. The summed E-state index contributed by atoms with van der Waals surface area (Å²) in [4.78, 5) is 13.7. The molecule has 1 atom stereocenters. The molecule has 6 nitrogen and oxygen atoms in total. The number of nitrogens with zero attached hydrogens (tertiary/aromatic N) is 5. The molecule has 0 aliphatic rings. The zero-order chi connectivity index (χ0) is 12.8. The van der Waals surface area contributed by atoms with Crippen LogP contribution in [0.5, 0.6) is 6.01 Å². The Hall–Kier alpha value is -1.61. The van der Waals surface area contributed by atoms with Crippen LogP contribution in [0.4, 0.5) is 5.95 Å². The molecule has 0 saturated carbocycles. The first-order chi connectivity index (χ1) is 8.06. The number of ether oxygens (including phenoxy) is 1. The molecule has 1 aromatic rings. The summed E-state index contributed by atoms with van der Waals surface area (Å²) in [5.41, 5.74) is 0. The summed E-state index contributed by atoms with van der Waals surface area (Å²) >= 11 is 5.77. The second-order valence-electron chi connectivity index (χ2n) is 3.53. The fourth-order valence-electron chi connectivity index (χ4n) is 1.22. The van der Waals surface area contributed by atoms with Gasteiger partial charge < -0.3 is 9.64 Å². The van der Waals surface area contributed by atoms with Gasteiger partial charge in [-0.25, -0.2) is 0 Å². The fourth-order valence-corrected chi connectivity index (χ4v) is 1.37. The Morgan fingerprint density at radius 2 is 2.18 bits per heavy atom. The van der Waals surface area contributed by atoms with Crippen LogP contribution in [0.2, 0.25) is 5.28 Å². The molecule has 0 radical (unpaired) electrons. The first kappa shape index (κ1) is 13.5. The standard InChI is InChI=1S/C10H14ClN5O/c1-4-17-10-14-8(11)13-9(15-10)16(3)6-7(2)5-12/h7H,4,6H2,1-3H3. The van der Waals surface area contributed by atoms with E-state index in [1.807, 2.05) is 13.8 Å². The van der Waals surface area contributed by atoms with E-state index in [4.69, 9.17) is 21.6 Å². The molecule has 1 rings (SSSR count). The van der Waals surface area contributed by atoms with E-state index in [-0.39, 0.29) is 17.2 Å².